The van der Waals surface area contributed by atoms with Gasteiger partial charge in [-0.3, -0.25) is 9.59 Å². The number of aldehydes is 2. The van der Waals surface area contributed by atoms with Gasteiger partial charge in [0.15, 0.2) is 12.6 Å². The molecule has 10 rings (SSSR count). The molecule has 0 saturated heterocycles. The Labute approximate surface area is 655 Å². The van der Waals surface area contributed by atoms with Crippen molar-refractivity contribution >= 4 is 159 Å². The van der Waals surface area contributed by atoms with Crippen LogP contribution in [0.2, 0.25) is 0 Å². The summed E-state index contributed by atoms with van der Waals surface area (Å²) in [7, 11) is 15.6. The third-order valence-corrected chi connectivity index (χ3v) is 42.9. The number of aliphatic hydroxyl groups is 4. The van der Waals surface area contributed by atoms with Crippen LogP contribution in [0.15, 0.2) is 36.7 Å². The van der Waals surface area contributed by atoms with Crippen LogP contribution in [0, 0.1) is 27.7 Å². The van der Waals surface area contributed by atoms with E-state index in [1.807, 2.05) is 13.8 Å². The van der Waals surface area contributed by atoms with E-state index in [4.69, 9.17) is 12.5 Å². The van der Waals surface area contributed by atoms with E-state index in [0.717, 1.165) is 211 Å². The number of nitrogens with zero attached hydrogens (tertiary/aromatic N) is 2. The van der Waals surface area contributed by atoms with Crippen molar-refractivity contribution in [2.24, 2.45) is 0 Å². The van der Waals surface area contributed by atoms with Gasteiger partial charge in [-0.05, 0) is 282 Å². The quantitative estimate of drug-likeness (QED) is 0.0147. The van der Waals surface area contributed by atoms with Gasteiger partial charge in [-0.1, -0.05) is 93.0 Å². The topological polar surface area (TPSA) is 251 Å². The Morgan fingerprint density at radius 3 is 1.04 bits per heavy atom. The second kappa shape index (κ2) is 46.8. The van der Waals surface area contributed by atoms with Gasteiger partial charge in [0.25, 0.3) is 0 Å². The molecule has 0 fully saturated rings. The third kappa shape index (κ3) is 23.3. The van der Waals surface area contributed by atoms with E-state index >= 15 is 0 Å². The maximum Gasteiger partial charge on any atom is 0.166 e. The fourth-order valence-corrected chi connectivity index (χ4v) is 44.0. The molecule has 0 aromatic carbocycles. The molecule has 10 heterocycles. The van der Waals surface area contributed by atoms with Crippen LogP contribution in [-0.4, -0.2) is 107 Å². The molecule has 0 radical (unpaired) electrons. The zero-order chi connectivity index (χ0) is 79.6. The van der Waals surface area contributed by atoms with Crippen LogP contribution >= 0.6 is 91.3 Å². The molecule has 2 aliphatic rings. The first kappa shape index (κ1) is 88.5. The number of carbonyl (C=O) groups is 2. The van der Waals surface area contributed by atoms with Crippen molar-refractivity contribution in [1.82, 2.24) is 44.9 Å². The normalized spacial score (nSPS) is 12.7. The highest BCUT2D eigenvalue weighted by atomic mass is 33.0. The number of allylic oxidation sites excluding steroid dienone is 4. The predicted molar refractivity (Wildman–Crippen MR) is 490 cm³/mol. The van der Waals surface area contributed by atoms with Crippen molar-refractivity contribution < 1.29 is 30.0 Å². The van der Waals surface area contributed by atoms with Crippen LogP contribution in [0.25, 0.3) is 55.4 Å². The number of aryl methyl sites for hydroxylation is 8. The lowest BCUT2D eigenvalue weighted by atomic mass is 9.95. The number of aromatic nitrogens is 9. The van der Waals surface area contributed by atoms with Crippen molar-refractivity contribution in [1.29, 1.82) is 2.56 Å². The Morgan fingerprint density at radius 2 is 0.755 bits per heavy atom. The molecule has 0 spiro atoms. The summed E-state index contributed by atoms with van der Waals surface area (Å²) in [6.45, 7) is 30.6. The van der Waals surface area contributed by atoms with Crippen LogP contribution in [0.4, 0.5) is 0 Å². The number of aromatic amines is 7. The zero-order valence-corrected chi connectivity index (χ0v) is 76.8. The fourth-order valence-electron chi connectivity index (χ4n) is 15.2. The highest BCUT2D eigenvalue weighted by molar-refractivity contribution is 8.92. The summed E-state index contributed by atoms with van der Waals surface area (Å²) in [5.74, 6) is 0. The van der Waals surface area contributed by atoms with Gasteiger partial charge in [-0.15, -0.1) is 53.6 Å². The van der Waals surface area contributed by atoms with Crippen molar-refractivity contribution in [3.05, 3.63) is 171 Å². The van der Waals surface area contributed by atoms with Crippen LogP contribution in [0.3, 0.4) is 0 Å². The minimum atomic E-state index is -0.467. The molecular weight excluding hydrogens is 1520 g/mol. The number of hydrogen-bond donors (Lipinski definition) is 11. The zero-order valence-electron chi connectivity index (χ0n) is 67.3. The monoisotopic (exact) mass is 1650 g/mol. The summed E-state index contributed by atoms with van der Waals surface area (Å²) in [6, 6.07) is 9.06. The lowest BCUT2D eigenvalue weighted by Gasteiger charge is -2.07. The number of aliphatic hydroxyl groups excluding tert-OH is 4. The summed E-state index contributed by atoms with van der Waals surface area (Å²) in [5, 5.41) is 38.4. The summed E-state index contributed by atoms with van der Waals surface area (Å²) in [5.41, 5.74) is 38.4. The molecule has 0 amide bonds. The van der Waals surface area contributed by atoms with Gasteiger partial charge in [-0.2, -0.15) is 0 Å². The maximum atomic E-state index is 11.6. The van der Waals surface area contributed by atoms with Crippen LogP contribution in [-0.2, 0) is 77.0 Å². The van der Waals surface area contributed by atoms with Crippen LogP contribution in [0.1, 0.15) is 265 Å². The molecule has 8 aromatic rings. The Kier molecular flexibility index (Phi) is 39.1. The fraction of sp³-hybridized carbons (Fsp3) is 0.475. The molecule has 580 valence electrons. The Hall–Kier alpha value is -3.09. The number of hydrogen-bond acceptors (Lipinski definition) is 8. The Balaban J connectivity index is 0.000000273. The van der Waals surface area contributed by atoms with E-state index < -0.39 is 15.8 Å². The first-order chi connectivity index (χ1) is 51.9. The summed E-state index contributed by atoms with van der Waals surface area (Å²) < 4.78 is 14.4. The first-order valence-corrected chi connectivity index (χ1v) is 55.4. The SMILES string of the molecule is CCC1=C(CC)c2nc1cc1[nH]c(cc3[nH]c(cc4[nH]c(cc5nc2C(CC)=C5CC)c(C)c4CCCO)c(CC)c3CC)c(CCCO)c1C.CCc1c(Cc2[nH]c(C=O)c(C)c2CCCO)[nH]c(Cc2[nH]c(C=O)c(C)c2CCCO)c1CC.CCc1c[nH]cc1CC.[2H]P(P(P)P)P(P)P.[3H]P(P)PP. The van der Waals surface area contributed by atoms with Gasteiger partial charge in [0.1, 0.15) is 0 Å². The summed E-state index contributed by atoms with van der Waals surface area (Å²) in [4.78, 5) is 58.9. The van der Waals surface area contributed by atoms with Crippen molar-refractivity contribution in [3.63, 3.8) is 0 Å². The molecule has 2 aliphatic heterocycles. The molecule has 26 heteroatoms. The molecule has 8 unspecified atom stereocenters. The van der Waals surface area contributed by atoms with E-state index in [1.54, 1.807) is 0 Å². The summed E-state index contributed by atoms with van der Waals surface area (Å²) in [6.07, 6.45) is 22.4. The number of fused-ring (bicyclic) bond motifs is 11. The molecule has 0 saturated carbocycles. The van der Waals surface area contributed by atoms with Crippen molar-refractivity contribution in [2.75, 3.05) is 26.4 Å². The van der Waals surface area contributed by atoms with Gasteiger partial charge in [-0.25, -0.2) is 9.97 Å². The first-order valence-electron chi connectivity index (χ1n) is 38.7. The lowest BCUT2D eigenvalue weighted by Crippen LogP contribution is -2.00. The van der Waals surface area contributed by atoms with Crippen molar-refractivity contribution in [3.8, 4) is 0 Å². The predicted octanol–water partition coefficient (Wildman–Crippen LogP) is 22.1. The van der Waals surface area contributed by atoms with Gasteiger partial charge in [0.2, 0.25) is 0 Å². The second-order valence-corrected chi connectivity index (χ2v) is 55.3. The maximum absolute atomic E-state index is 11.6. The minimum absolute atomic E-state index is 0.115. The van der Waals surface area contributed by atoms with E-state index in [-0.39, 0.29) is 40.4 Å². The minimum Gasteiger partial charge on any atom is -0.396 e. The average Bonchev–Trinajstić information content (AvgIpc) is 1.61. The van der Waals surface area contributed by atoms with E-state index in [2.05, 4.69) is 208 Å². The van der Waals surface area contributed by atoms with Crippen LogP contribution in [0.5, 0.6) is 0 Å². The van der Waals surface area contributed by atoms with Gasteiger partial charge < -0.3 is 55.3 Å². The molecule has 10 bridgehead atoms. The van der Waals surface area contributed by atoms with E-state index in [0.29, 0.717) is 49.9 Å². The number of rotatable bonds is 31. The number of nitrogens with one attached hydrogen (secondary N) is 7. The largest absolute Gasteiger partial charge is 0.396 e. The molecule has 11 N–H and O–H groups in total. The van der Waals surface area contributed by atoms with Crippen molar-refractivity contribution in [2.45, 2.75) is 225 Å². The smallest absolute Gasteiger partial charge is 0.166 e. The summed E-state index contributed by atoms with van der Waals surface area (Å²) >= 11 is 0. The standard InChI is InChI=1S/C44H57N5O2.C28H39N3O4.C8H13N.H9P7.H6P4/c1-9-27-28(10-2)38-24-42-34(18-16-20-51)26(8)36(46-42)22-40-30(12-4)32(14-6)44(49-40)43-31(13-5)29(11-3)39(48-43)21-35-25(7)33(17-15-19-50)41(45-35)23-37(27)47-38;1-5-19-20(6-2)24(14-26-22(10-8-12-33)18(4)28(16-35)31-26)29-23(19)13-25-21(9-7-11-32)17(3)27(15-34)30-25;1-3-7-5-9-6-8(7)4-2;1-6(2)5-7(3)4;1-3-4-2/h21-24,45-47,50-51H,9-20H2,1-8H3;15-16,29-33H,5-14H2,1-4H3;5-6,9H,3-4H2,1-2H3;5H,1-4H2;3-4H,1-2H2/i;;;5D;3T. The van der Waals surface area contributed by atoms with Gasteiger partial charge in [0, 0.05) is 108 Å². The highest BCUT2D eigenvalue weighted by Gasteiger charge is 2.28. The van der Waals surface area contributed by atoms with E-state index in [9.17, 15) is 30.0 Å². The van der Waals surface area contributed by atoms with Gasteiger partial charge in [0.05, 0.1) is 36.7 Å². The molecule has 0 aliphatic carbocycles. The second-order valence-electron chi connectivity index (χ2n) is 26.5. The molecular formula is C80H124N9O6P11. The van der Waals surface area contributed by atoms with Crippen LogP contribution < -0.4 is 0 Å². The number of H-pyrrole nitrogens is 7. The average molecular weight is 1650 g/mol. The number of carbonyl (C=O) groups excluding carboxylic acids is 2. The molecule has 8 atom stereocenters. The molecule has 106 heavy (non-hydrogen) atoms. The Bertz CT molecular complexity index is 4290. The highest BCUT2D eigenvalue weighted by Crippen LogP contribution is 2.87. The molecule has 8 aromatic heterocycles. The van der Waals surface area contributed by atoms with Gasteiger partial charge >= 0.3 is 0 Å². The Morgan fingerprint density at radius 1 is 0.434 bits per heavy atom. The van der Waals surface area contributed by atoms with E-state index in [1.165, 1.54) is 77.9 Å². The lowest BCUT2D eigenvalue weighted by molar-refractivity contribution is 0.111. The third-order valence-electron chi connectivity index (χ3n) is 20.4. The molecule has 15 nitrogen and oxygen atoms in total.